The van der Waals surface area contributed by atoms with E-state index in [0.29, 0.717) is 13.1 Å². The number of fused-ring (bicyclic) bond motifs is 1. The van der Waals surface area contributed by atoms with Crippen molar-refractivity contribution in [3.63, 3.8) is 0 Å². The van der Waals surface area contributed by atoms with E-state index in [9.17, 15) is 4.79 Å². The minimum atomic E-state index is -0.0107. The minimum absolute atomic E-state index is 0.0107. The molecule has 0 amide bonds. The summed E-state index contributed by atoms with van der Waals surface area (Å²) in [6.45, 7) is 6.24. The van der Waals surface area contributed by atoms with Crippen LogP contribution in [0.15, 0.2) is 50.1 Å². The van der Waals surface area contributed by atoms with Crippen molar-refractivity contribution in [1.82, 2.24) is 14.9 Å². The number of H-pyrrole nitrogens is 1. The summed E-state index contributed by atoms with van der Waals surface area (Å²) >= 11 is 3.45. The monoisotopic (exact) mass is 427 g/mol. The summed E-state index contributed by atoms with van der Waals surface area (Å²) in [7, 11) is 0. The first kappa shape index (κ1) is 18.2. The van der Waals surface area contributed by atoms with Crippen LogP contribution in [0.3, 0.4) is 0 Å². The van der Waals surface area contributed by atoms with Crippen molar-refractivity contribution in [3.8, 4) is 11.3 Å². The predicted octanol–water partition coefficient (Wildman–Crippen LogP) is 4.47. The van der Waals surface area contributed by atoms with Crippen molar-refractivity contribution in [3.05, 3.63) is 74.1 Å². The molecule has 0 saturated carbocycles. The molecule has 1 aromatic carbocycles. The van der Waals surface area contributed by atoms with Crippen LogP contribution in [0.25, 0.3) is 11.3 Å². The van der Waals surface area contributed by atoms with Crippen LogP contribution < -0.4 is 5.56 Å². The number of aromatic nitrogens is 2. The third-order valence-corrected chi connectivity index (χ3v) is 5.41. The van der Waals surface area contributed by atoms with Gasteiger partial charge in [0.05, 0.1) is 17.8 Å². The largest absolute Gasteiger partial charge is 0.460 e. The molecule has 4 rings (SSSR count). The van der Waals surface area contributed by atoms with Gasteiger partial charge in [0.1, 0.15) is 17.3 Å². The lowest BCUT2D eigenvalue weighted by Gasteiger charge is -2.27. The number of hydrogen-bond acceptors (Lipinski definition) is 4. The predicted molar refractivity (Wildman–Crippen MR) is 109 cm³/mol. The molecule has 0 aliphatic carbocycles. The van der Waals surface area contributed by atoms with Crippen molar-refractivity contribution in [2.24, 2.45) is 0 Å². The lowest BCUT2D eigenvalue weighted by molar-refractivity contribution is 0.223. The van der Waals surface area contributed by atoms with E-state index in [-0.39, 0.29) is 11.5 Å². The Labute approximate surface area is 166 Å². The maximum atomic E-state index is 12.5. The average Bonchev–Trinajstić information content (AvgIpc) is 3.11. The summed E-state index contributed by atoms with van der Waals surface area (Å²) in [5, 5.41) is 0. The zero-order valence-electron chi connectivity index (χ0n) is 15.5. The number of halogens is 1. The Hall–Kier alpha value is -2.18. The van der Waals surface area contributed by atoms with Gasteiger partial charge < -0.3 is 9.40 Å². The topological polar surface area (TPSA) is 62.1 Å². The van der Waals surface area contributed by atoms with Crippen LogP contribution in [0, 0.1) is 0 Å². The molecule has 0 atom stereocenters. The third kappa shape index (κ3) is 3.92. The Morgan fingerprint density at radius 2 is 2.00 bits per heavy atom. The number of nitrogens with zero attached hydrogens (tertiary/aromatic N) is 2. The molecule has 27 heavy (non-hydrogen) atoms. The SMILES string of the molecule is CC(C)c1nc2c(c(=O)[nH]1)CN(Cc1ccc(-c3ccc(Br)cc3)o1)CC2. The van der Waals surface area contributed by atoms with Gasteiger partial charge in [-0.2, -0.15) is 0 Å². The molecule has 0 fully saturated rings. The van der Waals surface area contributed by atoms with E-state index >= 15 is 0 Å². The van der Waals surface area contributed by atoms with Gasteiger partial charge in [-0.1, -0.05) is 41.9 Å². The van der Waals surface area contributed by atoms with Crippen LogP contribution in [0.2, 0.25) is 0 Å². The van der Waals surface area contributed by atoms with Gasteiger partial charge in [-0.3, -0.25) is 9.69 Å². The normalized spacial score (nSPS) is 14.5. The Balaban J connectivity index is 1.49. The number of rotatable bonds is 4. The first-order chi connectivity index (χ1) is 13.0. The van der Waals surface area contributed by atoms with Crippen molar-refractivity contribution in [2.45, 2.75) is 39.3 Å². The quantitative estimate of drug-likeness (QED) is 0.666. The van der Waals surface area contributed by atoms with Crippen LogP contribution in [-0.4, -0.2) is 21.4 Å². The van der Waals surface area contributed by atoms with E-state index in [4.69, 9.17) is 4.42 Å². The second kappa shape index (κ2) is 7.44. The molecule has 0 radical (unpaired) electrons. The zero-order chi connectivity index (χ0) is 19.0. The second-order valence-electron chi connectivity index (χ2n) is 7.26. The van der Waals surface area contributed by atoms with Crippen LogP contribution >= 0.6 is 15.9 Å². The van der Waals surface area contributed by atoms with E-state index in [1.807, 2.05) is 50.2 Å². The molecular formula is C21H22BrN3O2. The molecular weight excluding hydrogens is 406 g/mol. The van der Waals surface area contributed by atoms with E-state index in [1.54, 1.807) is 0 Å². The molecule has 1 aliphatic rings. The highest BCUT2D eigenvalue weighted by molar-refractivity contribution is 9.10. The minimum Gasteiger partial charge on any atom is -0.460 e. The van der Waals surface area contributed by atoms with Crippen molar-refractivity contribution < 1.29 is 4.42 Å². The van der Waals surface area contributed by atoms with Gasteiger partial charge in [-0.05, 0) is 24.3 Å². The van der Waals surface area contributed by atoms with E-state index < -0.39 is 0 Å². The Morgan fingerprint density at radius 3 is 2.74 bits per heavy atom. The van der Waals surface area contributed by atoms with Crippen LogP contribution in [0.4, 0.5) is 0 Å². The van der Waals surface area contributed by atoms with Crippen molar-refractivity contribution in [2.75, 3.05) is 6.54 Å². The Morgan fingerprint density at radius 1 is 1.22 bits per heavy atom. The van der Waals surface area contributed by atoms with Gasteiger partial charge in [0, 0.05) is 35.5 Å². The van der Waals surface area contributed by atoms with E-state index in [2.05, 4.69) is 30.8 Å². The molecule has 1 N–H and O–H groups in total. The number of benzene rings is 1. The molecule has 6 heteroatoms. The fraction of sp³-hybridized carbons (Fsp3) is 0.333. The lowest BCUT2D eigenvalue weighted by atomic mass is 10.1. The molecule has 140 valence electrons. The van der Waals surface area contributed by atoms with E-state index in [0.717, 1.165) is 51.6 Å². The fourth-order valence-electron chi connectivity index (χ4n) is 3.36. The molecule has 0 spiro atoms. The van der Waals surface area contributed by atoms with E-state index in [1.165, 1.54) is 0 Å². The highest BCUT2D eigenvalue weighted by Gasteiger charge is 2.22. The first-order valence-corrected chi connectivity index (χ1v) is 9.98. The fourth-order valence-corrected chi connectivity index (χ4v) is 3.63. The summed E-state index contributed by atoms with van der Waals surface area (Å²) in [6.07, 6.45) is 0.791. The van der Waals surface area contributed by atoms with Crippen LogP contribution in [0.5, 0.6) is 0 Å². The van der Waals surface area contributed by atoms with Gasteiger partial charge in [-0.15, -0.1) is 0 Å². The summed E-state index contributed by atoms with van der Waals surface area (Å²) in [5.74, 6) is 2.76. The highest BCUT2D eigenvalue weighted by atomic mass is 79.9. The summed E-state index contributed by atoms with van der Waals surface area (Å²) in [6, 6.07) is 12.1. The maximum absolute atomic E-state index is 12.5. The highest BCUT2D eigenvalue weighted by Crippen LogP contribution is 2.25. The zero-order valence-corrected chi connectivity index (χ0v) is 17.0. The van der Waals surface area contributed by atoms with Gasteiger partial charge in [0.15, 0.2) is 0 Å². The molecule has 2 aromatic heterocycles. The standard InChI is InChI=1S/C21H22BrN3O2/c1-13(2)20-23-18-9-10-25(12-17(18)21(26)24-20)11-16-7-8-19(27-16)14-3-5-15(22)6-4-14/h3-8,13H,9-12H2,1-2H3,(H,23,24,26). The van der Waals surface area contributed by atoms with Gasteiger partial charge in [0.2, 0.25) is 0 Å². The Kier molecular flexibility index (Phi) is 5.02. The van der Waals surface area contributed by atoms with Crippen molar-refractivity contribution >= 4 is 15.9 Å². The molecule has 1 aliphatic heterocycles. The number of hydrogen-bond donors (Lipinski definition) is 1. The maximum Gasteiger partial charge on any atom is 0.255 e. The number of furan rings is 1. The number of nitrogens with one attached hydrogen (secondary N) is 1. The Bertz CT molecular complexity index is 1010. The number of aromatic amines is 1. The molecule has 3 aromatic rings. The second-order valence-corrected chi connectivity index (χ2v) is 8.18. The average molecular weight is 428 g/mol. The molecule has 5 nitrogen and oxygen atoms in total. The summed E-state index contributed by atoms with van der Waals surface area (Å²) in [5.41, 5.74) is 2.76. The van der Waals surface area contributed by atoms with Crippen LogP contribution in [0.1, 0.15) is 42.6 Å². The molecule has 3 heterocycles. The third-order valence-electron chi connectivity index (χ3n) is 4.88. The van der Waals surface area contributed by atoms with Gasteiger partial charge >= 0.3 is 0 Å². The first-order valence-electron chi connectivity index (χ1n) is 9.18. The molecule has 0 unspecified atom stereocenters. The van der Waals surface area contributed by atoms with Crippen molar-refractivity contribution in [1.29, 1.82) is 0 Å². The van der Waals surface area contributed by atoms with Crippen LogP contribution in [-0.2, 0) is 19.5 Å². The molecule has 0 bridgehead atoms. The lowest BCUT2D eigenvalue weighted by Crippen LogP contribution is -2.35. The summed E-state index contributed by atoms with van der Waals surface area (Å²) in [4.78, 5) is 22.3. The van der Waals surface area contributed by atoms with Gasteiger partial charge in [-0.25, -0.2) is 4.98 Å². The molecule has 0 saturated heterocycles. The smallest absolute Gasteiger partial charge is 0.255 e. The van der Waals surface area contributed by atoms with Gasteiger partial charge in [0.25, 0.3) is 5.56 Å². The summed E-state index contributed by atoms with van der Waals surface area (Å²) < 4.78 is 7.07.